The average Bonchev–Trinajstić information content (AvgIpc) is 2.37. The number of hydrogen-bond acceptors (Lipinski definition) is 5. The Labute approximate surface area is 126 Å². The second kappa shape index (κ2) is 5.92. The Hall–Kier alpha value is -2.41. The van der Waals surface area contributed by atoms with Gasteiger partial charge in [-0.1, -0.05) is 23.9 Å². The van der Waals surface area contributed by atoms with Crippen LogP contribution >= 0.6 is 11.8 Å². The molecule has 108 valence electrons. The number of aromatic nitrogens is 1. The molecule has 0 amide bonds. The number of para-hydroxylation sites is 1. The third kappa shape index (κ3) is 3.19. The first-order chi connectivity index (χ1) is 9.90. The van der Waals surface area contributed by atoms with Crippen molar-refractivity contribution in [1.29, 1.82) is 5.41 Å². The molecule has 3 N–H and O–H groups in total. The molecule has 21 heavy (non-hydrogen) atoms. The van der Waals surface area contributed by atoms with Gasteiger partial charge in [-0.3, -0.25) is 15.5 Å². The molecule has 0 saturated heterocycles. The number of nitrogen functional groups attached to an aromatic ring is 1. The van der Waals surface area contributed by atoms with E-state index in [0.29, 0.717) is 15.5 Å². The van der Waals surface area contributed by atoms with Gasteiger partial charge in [0.2, 0.25) is 0 Å². The molecule has 0 unspecified atom stereocenters. The molecule has 6 nitrogen and oxygen atoms in total. The van der Waals surface area contributed by atoms with Crippen molar-refractivity contribution in [3.05, 3.63) is 57.3 Å². The number of nitrogens with zero attached hydrogens (tertiary/aromatic N) is 2. The van der Waals surface area contributed by atoms with Crippen LogP contribution in [0.25, 0.3) is 0 Å². The molecule has 2 rings (SSSR count). The van der Waals surface area contributed by atoms with Crippen LogP contribution in [-0.4, -0.2) is 15.7 Å². The van der Waals surface area contributed by atoms with Gasteiger partial charge >= 0.3 is 0 Å². The monoisotopic (exact) mass is 302 g/mol. The third-order valence-corrected chi connectivity index (χ3v) is 3.90. The van der Waals surface area contributed by atoms with Gasteiger partial charge in [-0.25, -0.2) is 4.98 Å². The molecular weight excluding hydrogens is 288 g/mol. The van der Waals surface area contributed by atoms with Crippen LogP contribution in [0.15, 0.2) is 40.3 Å². The third-order valence-electron chi connectivity index (χ3n) is 2.85. The van der Waals surface area contributed by atoms with Crippen LogP contribution in [0.2, 0.25) is 0 Å². The Morgan fingerprint density at radius 1 is 1.38 bits per heavy atom. The highest BCUT2D eigenvalue weighted by Crippen LogP contribution is 2.36. The summed E-state index contributed by atoms with van der Waals surface area (Å²) in [7, 11) is 0. The van der Waals surface area contributed by atoms with Crippen LogP contribution in [-0.2, 0) is 0 Å². The molecule has 0 saturated carbocycles. The molecular formula is C14H14N4O2S. The predicted molar refractivity (Wildman–Crippen MR) is 81.9 cm³/mol. The van der Waals surface area contributed by atoms with Crippen LogP contribution < -0.4 is 5.73 Å². The lowest BCUT2D eigenvalue weighted by molar-refractivity contribution is -0.387. The smallest absolute Gasteiger partial charge is 0.283 e. The van der Waals surface area contributed by atoms with Crippen LogP contribution in [0, 0.1) is 29.4 Å². The SMILES string of the molecule is Cc1cc(C)c(C(=N)N)c(Sc2ccccc2[N+](=O)[O-])n1. The topological polar surface area (TPSA) is 106 Å². The Kier molecular flexibility index (Phi) is 4.23. The summed E-state index contributed by atoms with van der Waals surface area (Å²) in [4.78, 5) is 15.5. The highest BCUT2D eigenvalue weighted by Gasteiger charge is 2.18. The first-order valence-electron chi connectivity index (χ1n) is 6.14. The van der Waals surface area contributed by atoms with E-state index in [1.165, 1.54) is 6.07 Å². The number of benzene rings is 1. The normalized spacial score (nSPS) is 10.4. The van der Waals surface area contributed by atoms with Crippen molar-refractivity contribution in [3.63, 3.8) is 0 Å². The van der Waals surface area contributed by atoms with E-state index in [4.69, 9.17) is 11.1 Å². The van der Waals surface area contributed by atoms with Crippen LogP contribution in [0.1, 0.15) is 16.8 Å². The minimum atomic E-state index is -0.432. The summed E-state index contributed by atoms with van der Waals surface area (Å²) in [6.07, 6.45) is 0. The van der Waals surface area contributed by atoms with Crippen molar-refractivity contribution in [2.45, 2.75) is 23.8 Å². The molecule has 0 aliphatic heterocycles. The predicted octanol–water partition coefficient (Wildman–Crippen LogP) is 3.04. The summed E-state index contributed by atoms with van der Waals surface area (Å²) in [6.45, 7) is 3.68. The molecule has 0 spiro atoms. The van der Waals surface area contributed by atoms with Gasteiger partial charge in [0, 0.05) is 11.8 Å². The molecule has 1 heterocycles. The summed E-state index contributed by atoms with van der Waals surface area (Å²) in [5.74, 6) is -0.0962. The first kappa shape index (κ1) is 15.0. The van der Waals surface area contributed by atoms with Crippen molar-refractivity contribution >= 4 is 23.3 Å². The van der Waals surface area contributed by atoms with Crippen LogP contribution in [0.5, 0.6) is 0 Å². The fourth-order valence-corrected chi connectivity index (χ4v) is 3.17. The molecule has 1 aromatic heterocycles. The molecule has 2 aromatic rings. The van der Waals surface area contributed by atoms with Crippen molar-refractivity contribution in [2.75, 3.05) is 0 Å². The standard InChI is InChI=1S/C14H14N4O2S/c1-8-7-9(2)17-14(12(8)13(15)16)21-11-6-4-3-5-10(11)18(19)20/h3-7H,1-2H3,(H3,15,16). The summed E-state index contributed by atoms with van der Waals surface area (Å²) in [5.41, 5.74) is 7.75. The summed E-state index contributed by atoms with van der Waals surface area (Å²) in [6, 6.07) is 8.28. The van der Waals surface area contributed by atoms with Gasteiger partial charge in [-0.05, 0) is 31.5 Å². The highest BCUT2D eigenvalue weighted by molar-refractivity contribution is 7.99. The van der Waals surface area contributed by atoms with E-state index >= 15 is 0 Å². The molecule has 0 radical (unpaired) electrons. The van der Waals surface area contributed by atoms with Gasteiger partial charge < -0.3 is 5.73 Å². The van der Waals surface area contributed by atoms with Crippen molar-refractivity contribution in [2.24, 2.45) is 5.73 Å². The summed E-state index contributed by atoms with van der Waals surface area (Å²) < 4.78 is 0. The zero-order valence-electron chi connectivity index (χ0n) is 11.6. The first-order valence-corrected chi connectivity index (χ1v) is 6.95. The fourth-order valence-electron chi connectivity index (χ4n) is 2.00. The Bertz CT molecular complexity index is 731. The summed E-state index contributed by atoms with van der Waals surface area (Å²) >= 11 is 1.15. The number of hydrogen-bond donors (Lipinski definition) is 2. The van der Waals surface area contributed by atoms with Crippen LogP contribution in [0.4, 0.5) is 5.69 Å². The van der Waals surface area contributed by atoms with Gasteiger partial charge in [0.25, 0.3) is 5.69 Å². The molecule has 1 aromatic carbocycles. The fraction of sp³-hybridized carbons (Fsp3) is 0.143. The zero-order valence-corrected chi connectivity index (χ0v) is 12.4. The molecule has 0 aliphatic carbocycles. The number of nitrogens with two attached hydrogens (primary N) is 1. The second-order valence-corrected chi connectivity index (χ2v) is 5.53. The number of rotatable bonds is 4. The molecule has 0 bridgehead atoms. The number of nitro groups is 1. The molecule has 0 fully saturated rings. The number of pyridine rings is 1. The molecule has 0 atom stereocenters. The van der Waals surface area contributed by atoms with E-state index in [0.717, 1.165) is 23.0 Å². The number of aryl methyl sites for hydroxylation is 2. The minimum absolute atomic E-state index is 0.0120. The second-order valence-electron chi connectivity index (χ2n) is 4.50. The van der Waals surface area contributed by atoms with Gasteiger partial charge in [0.05, 0.1) is 15.4 Å². The van der Waals surface area contributed by atoms with Crippen molar-refractivity contribution < 1.29 is 4.92 Å². The van der Waals surface area contributed by atoms with E-state index < -0.39 is 4.92 Å². The largest absolute Gasteiger partial charge is 0.384 e. The van der Waals surface area contributed by atoms with Gasteiger partial charge in [0.1, 0.15) is 10.9 Å². The summed E-state index contributed by atoms with van der Waals surface area (Å²) in [5, 5.41) is 19.3. The van der Waals surface area contributed by atoms with E-state index in [-0.39, 0.29) is 11.5 Å². The van der Waals surface area contributed by atoms with E-state index in [1.807, 2.05) is 19.9 Å². The maximum absolute atomic E-state index is 11.1. The van der Waals surface area contributed by atoms with Crippen molar-refractivity contribution in [3.8, 4) is 0 Å². The maximum atomic E-state index is 11.1. The molecule has 7 heteroatoms. The lowest BCUT2D eigenvalue weighted by Crippen LogP contribution is -2.15. The van der Waals surface area contributed by atoms with Gasteiger partial charge in [-0.2, -0.15) is 0 Å². The van der Waals surface area contributed by atoms with Crippen molar-refractivity contribution in [1.82, 2.24) is 4.98 Å². The quantitative estimate of drug-likeness (QED) is 0.391. The Morgan fingerprint density at radius 3 is 2.67 bits per heavy atom. The van der Waals surface area contributed by atoms with E-state index in [1.54, 1.807) is 18.2 Å². The van der Waals surface area contributed by atoms with E-state index in [9.17, 15) is 10.1 Å². The van der Waals surface area contributed by atoms with E-state index in [2.05, 4.69) is 4.98 Å². The Balaban J connectivity index is 2.54. The number of nitro benzene ring substituents is 1. The van der Waals surface area contributed by atoms with Gasteiger partial charge in [0.15, 0.2) is 0 Å². The maximum Gasteiger partial charge on any atom is 0.283 e. The lowest BCUT2D eigenvalue weighted by Gasteiger charge is -2.11. The van der Waals surface area contributed by atoms with Crippen LogP contribution in [0.3, 0.4) is 0 Å². The Morgan fingerprint density at radius 2 is 2.05 bits per heavy atom. The lowest BCUT2D eigenvalue weighted by atomic mass is 10.1. The molecule has 0 aliphatic rings. The number of nitrogens with one attached hydrogen (secondary N) is 1. The number of amidine groups is 1. The zero-order chi connectivity index (χ0) is 15.6. The van der Waals surface area contributed by atoms with Gasteiger partial charge in [-0.15, -0.1) is 0 Å². The minimum Gasteiger partial charge on any atom is -0.384 e. The highest BCUT2D eigenvalue weighted by atomic mass is 32.2. The average molecular weight is 302 g/mol.